The van der Waals surface area contributed by atoms with Crippen LogP contribution in [0.4, 0.5) is 5.69 Å². The number of anilines is 1. The lowest BCUT2D eigenvalue weighted by Crippen LogP contribution is -2.21. The molecule has 4 nitrogen and oxygen atoms in total. The van der Waals surface area contributed by atoms with E-state index >= 15 is 0 Å². The highest BCUT2D eigenvalue weighted by atomic mass is 32.1. The van der Waals surface area contributed by atoms with Crippen molar-refractivity contribution in [2.45, 2.75) is 40.0 Å². The molecule has 0 aliphatic carbocycles. The fraction of sp³-hybridized carbons (Fsp3) is 0.368. The number of hydrogen-bond acceptors (Lipinski definition) is 4. The first-order valence-corrected chi connectivity index (χ1v) is 8.89. The molecule has 24 heavy (non-hydrogen) atoms. The predicted octanol–water partition coefficient (Wildman–Crippen LogP) is 4.54. The van der Waals surface area contributed by atoms with E-state index in [9.17, 15) is 9.59 Å². The maximum absolute atomic E-state index is 12.1. The minimum atomic E-state index is -0.449. The van der Waals surface area contributed by atoms with Gasteiger partial charge in [0.05, 0.1) is 0 Å². The number of rotatable bonds is 6. The molecule has 1 amide bonds. The van der Waals surface area contributed by atoms with Crippen LogP contribution in [0.5, 0.6) is 0 Å². The lowest BCUT2D eigenvalue weighted by Gasteiger charge is -2.13. The summed E-state index contributed by atoms with van der Waals surface area (Å²) in [5, 5.41) is 2.81. The second kappa shape index (κ2) is 8.11. The van der Waals surface area contributed by atoms with E-state index in [1.807, 2.05) is 44.2 Å². The summed E-state index contributed by atoms with van der Waals surface area (Å²) < 4.78 is 5.13. The number of para-hydroxylation sites is 1. The van der Waals surface area contributed by atoms with Gasteiger partial charge in [-0.15, -0.1) is 11.3 Å². The molecule has 0 aliphatic rings. The van der Waals surface area contributed by atoms with Gasteiger partial charge in [-0.25, -0.2) is 4.79 Å². The maximum Gasteiger partial charge on any atom is 0.348 e. The fourth-order valence-electron chi connectivity index (χ4n) is 2.47. The third-order valence-corrected chi connectivity index (χ3v) is 4.87. The standard InChI is InChI=1S/C19H23NO3S/c1-5-14-10-17(24-13(14)4)19(22)23-11-18(21)20-16-9-7-6-8-15(16)12(2)3/h6-10,12H,5,11H2,1-4H3,(H,20,21). The van der Waals surface area contributed by atoms with Crippen molar-refractivity contribution in [2.75, 3.05) is 11.9 Å². The van der Waals surface area contributed by atoms with Gasteiger partial charge in [-0.3, -0.25) is 4.79 Å². The van der Waals surface area contributed by atoms with Crippen LogP contribution in [0.15, 0.2) is 30.3 Å². The molecular weight excluding hydrogens is 322 g/mol. The number of hydrogen-bond donors (Lipinski definition) is 1. The van der Waals surface area contributed by atoms with Crippen LogP contribution < -0.4 is 5.32 Å². The van der Waals surface area contributed by atoms with E-state index in [-0.39, 0.29) is 12.5 Å². The van der Waals surface area contributed by atoms with Crippen molar-refractivity contribution in [1.29, 1.82) is 0 Å². The van der Waals surface area contributed by atoms with Crippen LogP contribution in [-0.2, 0) is 16.0 Å². The van der Waals surface area contributed by atoms with Gasteiger partial charge in [-0.1, -0.05) is 39.0 Å². The van der Waals surface area contributed by atoms with Crippen molar-refractivity contribution in [2.24, 2.45) is 0 Å². The van der Waals surface area contributed by atoms with Crippen LogP contribution in [-0.4, -0.2) is 18.5 Å². The zero-order valence-electron chi connectivity index (χ0n) is 14.5. The van der Waals surface area contributed by atoms with E-state index in [1.165, 1.54) is 11.3 Å². The molecule has 2 rings (SSSR count). The summed E-state index contributed by atoms with van der Waals surface area (Å²) in [6, 6.07) is 9.48. The molecule has 0 spiro atoms. The number of benzene rings is 1. The van der Waals surface area contributed by atoms with Gasteiger partial charge in [-0.2, -0.15) is 0 Å². The molecule has 128 valence electrons. The molecule has 0 radical (unpaired) electrons. The Hall–Kier alpha value is -2.14. The highest BCUT2D eigenvalue weighted by Gasteiger charge is 2.15. The molecular formula is C19H23NO3S. The van der Waals surface area contributed by atoms with Crippen molar-refractivity contribution in [3.8, 4) is 0 Å². The van der Waals surface area contributed by atoms with E-state index in [0.29, 0.717) is 10.8 Å². The van der Waals surface area contributed by atoms with Gasteiger partial charge in [0.2, 0.25) is 0 Å². The summed E-state index contributed by atoms with van der Waals surface area (Å²) in [5.74, 6) is -0.485. The highest BCUT2D eigenvalue weighted by molar-refractivity contribution is 7.14. The second-order valence-electron chi connectivity index (χ2n) is 5.91. The monoisotopic (exact) mass is 345 g/mol. The number of carbonyl (C=O) groups is 2. The van der Waals surface area contributed by atoms with E-state index < -0.39 is 5.97 Å². The second-order valence-corrected chi connectivity index (χ2v) is 7.17. The third-order valence-electron chi connectivity index (χ3n) is 3.79. The summed E-state index contributed by atoms with van der Waals surface area (Å²) in [5.41, 5.74) is 2.95. The molecule has 1 aromatic carbocycles. The average molecular weight is 345 g/mol. The maximum atomic E-state index is 12.1. The summed E-state index contributed by atoms with van der Waals surface area (Å²) >= 11 is 1.40. The molecule has 0 bridgehead atoms. The number of ether oxygens (including phenoxy) is 1. The van der Waals surface area contributed by atoms with Gasteiger partial charge in [0.25, 0.3) is 5.91 Å². The average Bonchev–Trinajstić information content (AvgIpc) is 2.94. The van der Waals surface area contributed by atoms with Crippen LogP contribution in [0.25, 0.3) is 0 Å². The Morgan fingerprint density at radius 2 is 1.96 bits per heavy atom. The van der Waals surface area contributed by atoms with Crippen LogP contribution >= 0.6 is 11.3 Å². The van der Waals surface area contributed by atoms with Gasteiger partial charge in [0.15, 0.2) is 6.61 Å². The Morgan fingerprint density at radius 1 is 1.25 bits per heavy atom. The topological polar surface area (TPSA) is 55.4 Å². The van der Waals surface area contributed by atoms with E-state index in [4.69, 9.17) is 4.74 Å². The fourth-order valence-corrected chi connectivity index (χ4v) is 3.48. The molecule has 5 heteroatoms. The Balaban J connectivity index is 1.94. The zero-order chi connectivity index (χ0) is 17.7. The van der Waals surface area contributed by atoms with Crippen molar-refractivity contribution in [3.05, 3.63) is 51.2 Å². The first-order valence-electron chi connectivity index (χ1n) is 8.07. The third kappa shape index (κ3) is 4.45. The molecule has 1 heterocycles. The Morgan fingerprint density at radius 3 is 2.58 bits per heavy atom. The summed E-state index contributed by atoms with van der Waals surface area (Å²) in [6.07, 6.45) is 0.877. The number of aryl methyl sites for hydroxylation is 2. The summed E-state index contributed by atoms with van der Waals surface area (Å²) in [7, 11) is 0. The molecule has 1 N–H and O–H groups in total. The SMILES string of the molecule is CCc1cc(C(=O)OCC(=O)Nc2ccccc2C(C)C)sc1C. The Labute approximate surface area is 146 Å². The summed E-state index contributed by atoms with van der Waals surface area (Å²) in [4.78, 5) is 25.8. The normalized spacial score (nSPS) is 10.7. The van der Waals surface area contributed by atoms with Crippen molar-refractivity contribution in [1.82, 2.24) is 0 Å². The Bertz CT molecular complexity index is 734. The van der Waals surface area contributed by atoms with Gasteiger partial charge < -0.3 is 10.1 Å². The van der Waals surface area contributed by atoms with Crippen LogP contribution in [0, 0.1) is 6.92 Å². The van der Waals surface area contributed by atoms with E-state index in [2.05, 4.69) is 19.2 Å². The number of carbonyl (C=O) groups excluding carboxylic acids is 2. The van der Waals surface area contributed by atoms with Crippen LogP contribution in [0.2, 0.25) is 0 Å². The lowest BCUT2D eigenvalue weighted by molar-refractivity contribution is -0.119. The van der Waals surface area contributed by atoms with Crippen LogP contribution in [0.3, 0.4) is 0 Å². The van der Waals surface area contributed by atoms with Gasteiger partial charge in [0.1, 0.15) is 4.88 Å². The quantitative estimate of drug-likeness (QED) is 0.782. The van der Waals surface area contributed by atoms with Crippen molar-refractivity contribution in [3.63, 3.8) is 0 Å². The lowest BCUT2D eigenvalue weighted by atomic mass is 10.0. The number of esters is 1. The Kier molecular flexibility index (Phi) is 6.15. The number of amides is 1. The van der Waals surface area contributed by atoms with Crippen LogP contribution in [0.1, 0.15) is 52.4 Å². The molecule has 0 unspecified atom stereocenters. The molecule has 0 saturated carbocycles. The number of nitrogens with one attached hydrogen (secondary N) is 1. The van der Waals surface area contributed by atoms with Gasteiger partial charge in [-0.05, 0) is 42.5 Å². The van der Waals surface area contributed by atoms with E-state index in [0.717, 1.165) is 28.1 Å². The molecule has 0 fully saturated rings. The first-order chi connectivity index (χ1) is 11.4. The first kappa shape index (κ1) is 18.2. The molecule has 0 aliphatic heterocycles. The molecule has 0 saturated heterocycles. The predicted molar refractivity (Wildman–Crippen MR) is 97.9 cm³/mol. The van der Waals surface area contributed by atoms with Crippen molar-refractivity contribution >= 4 is 28.9 Å². The molecule has 1 aromatic heterocycles. The number of thiophene rings is 1. The minimum absolute atomic E-state index is 0.288. The molecule has 2 aromatic rings. The zero-order valence-corrected chi connectivity index (χ0v) is 15.3. The van der Waals surface area contributed by atoms with E-state index in [1.54, 1.807) is 0 Å². The summed E-state index contributed by atoms with van der Waals surface area (Å²) in [6.45, 7) is 7.87. The highest BCUT2D eigenvalue weighted by Crippen LogP contribution is 2.24. The molecule has 0 atom stereocenters. The minimum Gasteiger partial charge on any atom is -0.451 e. The van der Waals surface area contributed by atoms with Gasteiger partial charge in [0, 0.05) is 10.6 Å². The van der Waals surface area contributed by atoms with Gasteiger partial charge >= 0.3 is 5.97 Å². The largest absolute Gasteiger partial charge is 0.451 e. The van der Waals surface area contributed by atoms with Crippen molar-refractivity contribution < 1.29 is 14.3 Å². The smallest absolute Gasteiger partial charge is 0.348 e.